The van der Waals surface area contributed by atoms with Crippen LogP contribution in [0.3, 0.4) is 0 Å². The lowest BCUT2D eigenvalue weighted by Gasteiger charge is -2.36. The normalized spacial score (nSPS) is 17.3. The van der Waals surface area contributed by atoms with E-state index in [0.717, 1.165) is 58.2 Å². The molecule has 0 saturated carbocycles. The molecule has 4 bridgehead atoms. The molecule has 6 rings (SSSR count). The van der Waals surface area contributed by atoms with Gasteiger partial charge < -0.3 is 19.3 Å². The van der Waals surface area contributed by atoms with Gasteiger partial charge >= 0.3 is 0 Å². The van der Waals surface area contributed by atoms with E-state index in [-0.39, 0.29) is 24.0 Å². The topological polar surface area (TPSA) is 92.7 Å². The van der Waals surface area contributed by atoms with Crippen molar-refractivity contribution in [3.8, 4) is 17.1 Å². The van der Waals surface area contributed by atoms with Gasteiger partial charge in [-0.05, 0) is 78.6 Å². The van der Waals surface area contributed by atoms with Crippen LogP contribution in [0.2, 0.25) is 0 Å². The fourth-order valence-electron chi connectivity index (χ4n) is 6.05. The molecule has 4 aromatic rings. The summed E-state index contributed by atoms with van der Waals surface area (Å²) >= 11 is 1.37. The van der Waals surface area contributed by atoms with Gasteiger partial charge in [0, 0.05) is 47.9 Å². The highest BCUT2D eigenvalue weighted by molar-refractivity contribution is 8.00. The van der Waals surface area contributed by atoms with E-state index in [1.807, 2.05) is 47.5 Å². The summed E-state index contributed by atoms with van der Waals surface area (Å²) in [4.78, 5) is 33.9. The van der Waals surface area contributed by atoms with Gasteiger partial charge in [-0.1, -0.05) is 51.1 Å². The molecule has 0 radical (unpaired) electrons. The van der Waals surface area contributed by atoms with E-state index in [1.54, 1.807) is 0 Å². The summed E-state index contributed by atoms with van der Waals surface area (Å²) in [6.45, 7) is 14.5. The largest absolute Gasteiger partial charge is 0.475 e. The number of ether oxygens (including phenoxy) is 2. The van der Waals surface area contributed by atoms with E-state index in [9.17, 15) is 4.79 Å². The second-order valence-corrected chi connectivity index (χ2v) is 14.1. The van der Waals surface area contributed by atoms with Crippen LogP contribution in [-0.2, 0) is 11.3 Å². The Balaban J connectivity index is 1.38. The minimum atomic E-state index is -0.237. The molecule has 0 aliphatic carbocycles. The van der Waals surface area contributed by atoms with E-state index in [4.69, 9.17) is 24.4 Å². The number of pyridine rings is 1. The molecule has 1 N–H and O–H groups in total. The highest BCUT2D eigenvalue weighted by Gasteiger charge is 2.31. The van der Waals surface area contributed by atoms with Crippen molar-refractivity contribution in [3.05, 3.63) is 89.1 Å². The van der Waals surface area contributed by atoms with Crippen LogP contribution in [0.5, 0.6) is 5.88 Å². The van der Waals surface area contributed by atoms with Crippen LogP contribution in [0, 0.1) is 19.3 Å². The predicted octanol–water partition coefficient (Wildman–Crippen LogP) is 6.95. The lowest BCUT2D eigenvalue weighted by atomic mass is 9.87. The van der Waals surface area contributed by atoms with Crippen LogP contribution in [0.1, 0.15) is 54.2 Å². The number of fused-ring (bicyclic) bond motifs is 4. The number of aromatic nitrogens is 3. The van der Waals surface area contributed by atoms with Crippen molar-refractivity contribution in [2.75, 3.05) is 42.5 Å². The zero-order valence-corrected chi connectivity index (χ0v) is 28.1. The molecule has 4 heterocycles. The summed E-state index contributed by atoms with van der Waals surface area (Å²) in [6.07, 6.45) is 2.62. The number of hydrogen-bond donors (Lipinski definition) is 1. The standard InChI is InChI=1S/C36H42N6O3S/c1-24-8-6-9-25(2)33(24)30-19-32-39-35(38-30)40-46-29-11-7-10-27(18-29)34(43)42(28(23-45-32)20-36(3,4)5)22-26-12-13-31(37-21-26)41-14-16-44-17-15-41/h6-13,18-19,21,28H,14-17,20,22-23H2,1-5H3,(H,38,39,40). The summed E-state index contributed by atoms with van der Waals surface area (Å²) in [6, 6.07) is 19.7. The molecular weight excluding hydrogens is 597 g/mol. The first-order valence-corrected chi connectivity index (χ1v) is 16.6. The molecule has 240 valence electrons. The Morgan fingerprint density at radius 2 is 1.74 bits per heavy atom. The van der Waals surface area contributed by atoms with Gasteiger partial charge in [0.25, 0.3) is 5.91 Å². The Labute approximate surface area is 275 Å². The van der Waals surface area contributed by atoms with Crippen LogP contribution in [0.15, 0.2) is 71.8 Å². The van der Waals surface area contributed by atoms with E-state index in [0.29, 0.717) is 37.2 Å². The molecule has 1 unspecified atom stereocenters. The number of aryl methyl sites for hydroxylation is 2. The maximum Gasteiger partial charge on any atom is 0.254 e. The molecule has 9 nitrogen and oxygen atoms in total. The number of amides is 1. The second kappa shape index (κ2) is 13.7. The molecule has 1 saturated heterocycles. The molecule has 1 fully saturated rings. The fraction of sp³-hybridized carbons (Fsp3) is 0.389. The first-order valence-electron chi connectivity index (χ1n) is 15.8. The summed E-state index contributed by atoms with van der Waals surface area (Å²) in [5.41, 5.74) is 5.62. The van der Waals surface area contributed by atoms with Crippen LogP contribution >= 0.6 is 11.9 Å². The Bertz CT molecular complexity index is 1660. The maximum absolute atomic E-state index is 14.4. The minimum Gasteiger partial charge on any atom is -0.475 e. The zero-order valence-electron chi connectivity index (χ0n) is 27.2. The van der Waals surface area contributed by atoms with Gasteiger partial charge in [-0.15, -0.1) is 0 Å². The van der Waals surface area contributed by atoms with Gasteiger partial charge in [0.2, 0.25) is 11.8 Å². The number of carbonyl (C=O) groups excluding carboxylic acids is 1. The summed E-state index contributed by atoms with van der Waals surface area (Å²) in [5, 5.41) is 0. The monoisotopic (exact) mass is 638 g/mol. The summed E-state index contributed by atoms with van der Waals surface area (Å²) in [5.74, 6) is 1.79. The van der Waals surface area contributed by atoms with Crippen molar-refractivity contribution in [2.24, 2.45) is 5.41 Å². The molecule has 0 spiro atoms. The lowest BCUT2D eigenvalue weighted by molar-refractivity contribution is 0.0513. The first kappa shape index (κ1) is 31.8. The molecule has 2 aromatic carbocycles. The third-order valence-electron chi connectivity index (χ3n) is 8.25. The van der Waals surface area contributed by atoms with Gasteiger partial charge in [0.05, 0.1) is 24.9 Å². The van der Waals surface area contributed by atoms with Crippen molar-refractivity contribution in [3.63, 3.8) is 0 Å². The molecular formula is C36H42N6O3S. The zero-order chi connectivity index (χ0) is 32.3. The number of carbonyl (C=O) groups is 1. The van der Waals surface area contributed by atoms with Crippen molar-refractivity contribution in [1.29, 1.82) is 0 Å². The average molecular weight is 639 g/mol. The van der Waals surface area contributed by atoms with Crippen LogP contribution < -0.4 is 14.4 Å². The van der Waals surface area contributed by atoms with E-state index < -0.39 is 0 Å². The van der Waals surface area contributed by atoms with Gasteiger partial charge in [0.15, 0.2) is 0 Å². The van der Waals surface area contributed by atoms with Gasteiger partial charge in [-0.25, -0.2) is 9.97 Å². The Morgan fingerprint density at radius 1 is 0.978 bits per heavy atom. The van der Waals surface area contributed by atoms with E-state index in [1.165, 1.54) is 11.9 Å². The van der Waals surface area contributed by atoms with Crippen LogP contribution in [-0.4, -0.2) is 64.7 Å². The molecule has 2 aromatic heterocycles. The number of rotatable bonds is 5. The third-order valence-corrected chi connectivity index (χ3v) is 9.03. The SMILES string of the molecule is Cc1cccc(C)c1-c1cc2nc(n1)NSc1cccc(c1)C(=O)N(Cc1ccc(N3CCOCC3)nc1)C(CC(C)(C)C)CO2. The Morgan fingerprint density at radius 3 is 2.46 bits per heavy atom. The van der Waals surface area contributed by atoms with Crippen molar-refractivity contribution in [2.45, 2.75) is 58.5 Å². The Kier molecular flexibility index (Phi) is 9.47. The predicted molar refractivity (Wildman–Crippen MR) is 183 cm³/mol. The average Bonchev–Trinajstić information content (AvgIpc) is 3.04. The van der Waals surface area contributed by atoms with Crippen LogP contribution in [0.25, 0.3) is 11.3 Å². The van der Waals surface area contributed by atoms with Gasteiger partial charge in [-0.3, -0.25) is 9.52 Å². The summed E-state index contributed by atoms with van der Waals surface area (Å²) in [7, 11) is 0. The summed E-state index contributed by atoms with van der Waals surface area (Å²) < 4.78 is 15.3. The third kappa shape index (κ3) is 7.62. The Hall–Kier alpha value is -4.15. The molecule has 46 heavy (non-hydrogen) atoms. The maximum atomic E-state index is 14.4. The van der Waals surface area contributed by atoms with Crippen molar-refractivity contribution >= 4 is 29.6 Å². The first-order chi connectivity index (χ1) is 22.1. The molecule has 10 heteroatoms. The van der Waals surface area contributed by atoms with Gasteiger partial charge in [0.1, 0.15) is 12.4 Å². The minimum absolute atomic E-state index is 0.0502. The quantitative estimate of drug-likeness (QED) is 0.233. The molecule has 1 amide bonds. The number of morpholine rings is 1. The number of nitrogens with one attached hydrogen (secondary N) is 1. The van der Waals surface area contributed by atoms with Crippen LogP contribution in [0.4, 0.5) is 11.8 Å². The molecule has 2 aliphatic heterocycles. The van der Waals surface area contributed by atoms with Gasteiger partial charge in [-0.2, -0.15) is 4.98 Å². The fourth-order valence-corrected chi connectivity index (χ4v) is 6.69. The van der Waals surface area contributed by atoms with Crippen molar-refractivity contribution in [1.82, 2.24) is 19.9 Å². The van der Waals surface area contributed by atoms with E-state index >= 15 is 0 Å². The molecule has 2 aliphatic rings. The number of benzene rings is 2. The molecule has 1 atom stereocenters. The lowest BCUT2D eigenvalue weighted by Crippen LogP contribution is -2.45. The number of nitrogens with zero attached hydrogens (tertiary/aromatic N) is 5. The second-order valence-electron chi connectivity index (χ2n) is 13.2. The van der Waals surface area contributed by atoms with E-state index in [2.05, 4.69) is 68.5 Å². The van der Waals surface area contributed by atoms with Crippen molar-refractivity contribution < 1.29 is 14.3 Å². The number of hydrogen-bond acceptors (Lipinski definition) is 9. The number of anilines is 2. The smallest absolute Gasteiger partial charge is 0.254 e. The highest BCUT2D eigenvalue weighted by Crippen LogP contribution is 2.32. The highest BCUT2D eigenvalue weighted by atomic mass is 32.2.